The zero-order valence-corrected chi connectivity index (χ0v) is 7.44. The van der Waals surface area contributed by atoms with Crippen LogP contribution in [0.15, 0.2) is 6.07 Å². The lowest BCUT2D eigenvalue weighted by molar-refractivity contribution is 0.396. The van der Waals surface area contributed by atoms with Crippen LogP contribution >= 0.6 is 0 Å². The lowest BCUT2D eigenvalue weighted by Crippen LogP contribution is -2.07. The van der Waals surface area contributed by atoms with E-state index in [-0.39, 0.29) is 11.1 Å². The van der Waals surface area contributed by atoms with Crippen molar-refractivity contribution in [3.8, 4) is 5.75 Å². The highest BCUT2D eigenvalue weighted by Crippen LogP contribution is 2.29. The van der Waals surface area contributed by atoms with E-state index in [9.17, 15) is 13.9 Å². The number of nitrogens with two attached hydrogens (primary N) is 1. The van der Waals surface area contributed by atoms with Crippen molar-refractivity contribution in [3.63, 3.8) is 0 Å². The molecule has 1 aromatic rings. The number of hydrogen-bond acceptors (Lipinski definition) is 2. The summed E-state index contributed by atoms with van der Waals surface area (Å²) in [5, 5.41) is 9.18. The van der Waals surface area contributed by atoms with E-state index in [4.69, 9.17) is 5.73 Å². The summed E-state index contributed by atoms with van der Waals surface area (Å²) in [5.41, 5.74) is 5.81. The van der Waals surface area contributed by atoms with E-state index in [1.165, 1.54) is 13.0 Å². The van der Waals surface area contributed by atoms with Gasteiger partial charge >= 0.3 is 0 Å². The highest BCUT2D eigenvalue weighted by atomic mass is 19.2. The van der Waals surface area contributed by atoms with Crippen molar-refractivity contribution in [3.05, 3.63) is 28.8 Å². The molecule has 1 atom stereocenters. The molecule has 0 aliphatic rings. The van der Waals surface area contributed by atoms with Gasteiger partial charge in [0.1, 0.15) is 0 Å². The Bertz CT molecular complexity index is 337. The van der Waals surface area contributed by atoms with Crippen LogP contribution in [0.4, 0.5) is 8.78 Å². The molecule has 3 N–H and O–H groups in total. The Balaban J connectivity index is 3.41. The molecule has 0 heterocycles. The van der Waals surface area contributed by atoms with Gasteiger partial charge in [0, 0.05) is 11.6 Å². The standard InChI is InChI=1S/C9H11F2NO/c1-4-3-6(5(2)12)9(13)8(11)7(4)10/h3,5,13H,12H2,1-2H3/t5-/m1/s1. The number of halogens is 2. The molecule has 0 spiro atoms. The Labute approximate surface area is 75.0 Å². The number of aromatic hydroxyl groups is 1. The van der Waals surface area contributed by atoms with Crippen molar-refractivity contribution >= 4 is 0 Å². The van der Waals surface area contributed by atoms with Gasteiger partial charge < -0.3 is 10.8 Å². The maximum absolute atomic E-state index is 12.9. The van der Waals surface area contributed by atoms with Crippen LogP contribution in [0.5, 0.6) is 5.75 Å². The fourth-order valence-electron chi connectivity index (χ4n) is 1.12. The van der Waals surface area contributed by atoms with E-state index in [1.807, 2.05) is 0 Å². The van der Waals surface area contributed by atoms with Gasteiger partial charge in [-0.15, -0.1) is 0 Å². The average molecular weight is 187 g/mol. The second kappa shape index (κ2) is 3.30. The largest absolute Gasteiger partial charge is 0.505 e. The van der Waals surface area contributed by atoms with Gasteiger partial charge in [0.2, 0.25) is 5.82 Å². The van der Waals surface area contributed by atoms with E-state index in [0.717, 1.165) is 0 Å². The first kappa shape index (κ1) is 9.92. The maximum atomic E-state index is 12.9. The van der Waals surface area contributed by atoms with E-state index < -0.39 is 23.4 Å². The average Bonchev–Trinajstić information content (AvgIpc) is 2.07. The highest BCUT2D eigenvalue weighted by molar-refractivity contribution is 5.39. The zero-order valence-electron chi connectivity index (χ0n) is 7.44. The maximum Gasteiger partial charge on any atom is 0.200 e. The molecule has 1 rings (SSSR count). The molecular weight excluding hydrogens is 176 g/mol. The molecule has 0 aliphatic carbocycles. The van der Waals surface area contributed by atoms with Crippen LogP contribution in [0.3, 0.4) is 0 Å². The van der Waals surface area contributed by atoms with Gasteiger partial charge in [0.25, 0.3) is 0 Å². The van der Waals surface area contributed by atoms with Crippen molar-refractivity contribution < 1.29 is 13.9 Å². The zero-order chi connectivity index (χ0) is 10.2. The van der Waals surface area contributed by atoms with E-state index in [1.54, 1.807) is 6.92 Å². The molecule has 0 fully saturated rings. The van der Waals surface area contributed by atoms with Gasteiger partial charge in [-0.3, -0.25) is 0 Å². The molecule has 0 unspecified atom stereocenters. The van der Waals surface area contributed by atoms with Crippen molar-refractivity contribution in [2.75, 3.05) is 0 Å². The quantitative estimate of drug-likeness (QED) is 0.706. The van der Waals surface area contributed by atoms with Crippen LogP contribution in [-0.4, -0.2) is 5.11 Å². The Morgan fingerprint density at radius 3 is 2.38 bits per heavy atom. The Kier molecular flexibility index (Phi) is 2.52. The summed E-state index contributed by atoms with van der Waals surface area (Å²) in [6.07, 6.45) is 0. The molecule has 0 saturated heterocycles. The fraction of sp³-hybridized carbons (Fsp3) is 0.333. The first-order chi connectivity index (χ1) is 5.95. The smallest absolute Gasteiger partial charge is 0.200 e. The number of phenols is 1. The monoisotopic (exact) mass is 187 g/mol. The summed E-state index contributed by atoms with van der Waals surface area (Å²) in [7, 11) is 0. The number of aryl methyl sites for hydroxylation is 1. The summed E-state index contributed by atoms with van der Waals surface area (Å²) in [6, 6.07) is 0.826. The molecule has 1 aromatic carbocycles. The first-order valence-electron chi connectivity index (χ1n) is 3.88. The minimum atomic E-state index is -1.23. The highest BCUT2D eigenvalue weighted by Gasteiger charge is 2.17. The summed E-state index contributed by atoms with van der Waals surface area (Å²) in [4.78, 5) is 0. The van der Waals surface area contributed by atoms with Gasteiger partial charge in [-0.1, -0.05) is 0 Å². The topological polar surface area (TPSA) is 46.2 Å². The third-order valence-corrected chi connectivity index (χ3v) is 1.88. The fourth-order valence-corrected chi connectivity index (χ4v) is 1.12. The van der Waals surface area contributed by atoms with Crippen LogP contribution in [0.1, 0.15) is 24.1 Å². The molecule has 0 aliphatic heterocycles. The Morgan fingerprint density at radius 2 is 1.92 bits per heavy atom. The van der Waals surface area contributed by atoms with Crippen molar-refractivity contribution in [1.29, 1.82) is 0 Å². The minimum absolute atomic E-state index is 0.141. The summed E-state index contributed by atoms with van der Waals surface area (Å²) in [6.45, 7) is 3.01. The van der Waals surface area contributed by atoms with Crippen LogP contribution in [0.2, 0.25) is 0 Å². The number of rotatable bonds is 1. The molecule has 4 heteroatoms. The second-order valence-corrected chi connectivity index (χ2v) is 3.05. The Hall–Kier alpha value is -1.16. The van der Waals surface area contributed by atoms with Crippen LogP contribution in [0.25, 0.3) is 0 Å². The van der Waals surface area contributed by atoms with Gasteiger partial charge in [-0.25, -0.2) is 4.39 Å². The van der Waals surface area contributed by atoms with E-state index >= 15 is 0 Å². The third kappa shape index (κ3) is 1.62. The molecule has 72 valence electrons. The van der Waals surface area contributed by atoms with E-state index in [0.29, 0.717) is 0 Å². The molecule has 0 bridgehead atoms. The number of phenolic OH excluding ortho intramolecular Hbond substituents is 1. The molecule has 0 saturated carbocycles. The minimum Gasteiger partial charge on any atom is -0.505 e. The van der Waals surface area contributed by atoms with Crippen molar-refractivity contribution in [2.45, 2.75) is 19.9 Å². The van der Waals surface area contributed by atoms with Gasteiger partial charge in [0.05, 0.1) is 0 Å². The van der Waals surface area contributed by atoms with Gasteiger partial charge in [-0.05, 0) is 25.5 Å². The number of benzene rings is 1. The van der Waals surface area contributed by atoms with E-state index in [2.05, 4.69) is 0 Å². The van der Waals surface area contributed by atoms with Crippen molar-refractivity contribution in [1.82, 2.24) is 0 Å². The molecular formula is C9H11F2NO. The third-order valence-electron chi connectivity index (χ3n) is 1.88. The summed E-state index contributed by atoms with van der Waals surface area (Å²) >= 11 is 0. The summed E-state index contributed by atoms with van der Waals surface area (Å²) < 4.78 is 25.8. The molecule has 0 radical (unpaired) electrons. The molecule has 13 heavy (non-hydrogen) atoms. The normalized spacial score (nSPS) is 13.0. The SMILES string of the molecule is Cc1cc([C@@H](C)N)c(O)c(F)c1F. The second-order valence-electron chi connectivity index (χ2n) is 3.05. The van der Waals surface area contributed by atoms with Gasteiger partial charge in [0.15, 0.2) is 11.6 Å². The lowest BCUT2D eigenvalue weighted by Gasteiger charge is -2.10. The summed E-state index contributed by atoms with van der Waals surface area (Å²) in [5.74, 6) is -2.95. The Morgan fingerprint density at radius 1 is 1.38 bits per heavy atom. The van der Waals surface area contributed by atoms with Crippen LogP contribution < -0.4 is 5.73 Å². The lowest BCUT2D eigenvalue weighted by atomic mass is 10.0. The predicted octanol–water partition coefficient (Wildman–Crippen LogP) is 2.00. The molecule has 0 aromatic heterocycles. The van der Waals surface area contributed by atoms with Crippen LogP contribution in [-0.2, 0) is 0 Å². The molecule has 2 nitrogen and oxygen atoms in total. The van der Waals surface area contributed by atoms with Gasteiger partial charge in [-0.2, -0.15) is 4.39 Å². The number of hydrogen-bond donors (Lipinski definition) is 2. The molecule has 0 amide bonds. The predicted molar refractivity (Wildman–Crippen MR) is 45.4 cm³/mol. The van der Waals surface area contributed by atoms with Crippen LogP contribution in [0, 0.1) is 18.6 Å². The van der Waals surface area contributed by atoms with Crippen molar-refractivity contribution in [2.24, 2.45) is 5.73 Å². The first-order valence-corrected chi connectivity index (χ1v) is 3.88.